The van der Waals surface area contributed by atoms with Gasteiger partial charge in [0.2, 0.25) is 0 Å². The monoisotopic (exact) mass is 433 g/mol. The standard InChI is InChI=1S/C19H29N7O2.CH2O2/c1-5-7-25-9-15(14(2)22-25)18(27)24-8-6-19(12-24)13-26-16(10-23(3)4)20-21-17(26)11-28-19;2-1-3/h9H,5-8,10-13H2,1-4H3;1H,(H,2,3). The van der Waals surface area contributed by atoms with Gasteiger partial charge in [-0.2, -0.15) is 5.10 Å². The largest absolute Gasteiger partial charge is 0.483 e. The summed E-state index contributed by atoms with van der Waals surface area (Å²) < 4.78 is 10.2. The Balaban J connectivity index is 0.000000858. The first-order valence-corrected chi connectivity index (χ1v) is 10.4. The van der Waals surface area contributed by atoms with E-state index in [1.54, 1.807) is 0 Å². The lowest BCUT2D eigenvalue weighted by Gasteiger charge is -2.34. The van der Waals surface area contributed by atoms with Gasteiger partial charge in [-0.05, 0) is 33.9 Å². The molecular weight excluding hydrogens is 402 g/mol. The minimum absolute atomic E-state index is 0.0448. The van der Waals surface area contributed by atoms with Crippen molar-refractivity contribution in [2.24, 2.45) is 0 Å². The fourth-order valence-corrected chi connectivity index (χ4v) is 4.12. The summed E-state index contributed by atoms with van der Waals surface area (Å²) in [5.41, 5.74) is 1.12. The van der Waals surface area contributed by atoms with Gasteiger partial charge in [0, 0.05) is 19.3 Å². The van der Waals surface area contributed by atoms with Crippen LogP contribution in [0, 0.1) is 6.92 Å². The number of nitrogens with zero attached hydrogens (tertiary/aromatic N) is 7. The van der Waals surface area contributed by atoms with Crippen LogP contribution in [0.2, 0.25) is 0 Å². The first kappa shape index (κ1) is 22.9. The van der Waals surface area contributed by atoms with E-state index < -0.39 is 0 Å². The Morgan fingerprint density at radius 2 is 2.10 bits per heavy atom. The molecule has 0 saturated carbocycles. The fraction of sp³-hybridized carbons (Fsp3) is 0.650. The predicted octanol–water partition coefficient (Wildman–Crippen LogP) is 0.771. The Hall–Kier alpha value is -2.79. The molecule has 1 atom stereocenters. The highest BCUT2D eigenvalue weighted by Gasteiger charge is 2.45. The van der Waals surface area contributed by atoms with Crippen molar-refractivity contribution in [3.05, 3.63) is 29.1 Å². The summed E-state index contributed by atoms with van der Waals surface area (Å²) in [6.07, 6.45) is 3.69. The molecule has 0 aromatic carbocycles. The van der Waals surface area contributed by atoms with E-state index >= 15 is 0 Å². The highest BCUT2D eigenvalue weighted by Crippen LogP contribution is 2.33. The first-order valence-electron chi connectivity index (χ1n) is 10.4. The van der Waals surface area contributed by atoms with Crippen LogP contribution >= 0.6 is 0 Å². The second-order valence-corrected chi connectivity index (χ2v) is 8.30. The van der Waals surface area contributed by atoms with Gasteiger partial charge < -0.3 is 24.2 Å². The van der Waals surface area contributed by atoms with Crippen molar-refractivity contribution in [2.45, 2.75) is 58.5 Å². The maximum Gasteiger partial charge on any atom is 0.290 e. The molecule has 2 aliphatic heterocycles. The van der Waals surface area contributed by atoms with Gasteiger partial charge in [-0.15, -0.1) is 10.2 Å². The molecule has 1 saturated heterocycles. The van der Waals surface area contributed by atoms with Crippen LogP contribution in [0.1, 0.15) is 47.5 Å². The average molecular weight is 434 g/mol. The lowest BCUT2D eigenvalue weighted by atomic mass is 10.0. The second kappa shape index (κ2) is 9.56. The SMILES string of the molecule is CCCn1cc(C(=O)N2CCC3(C2)Cn2c(nnc2CN(C)C)CO3)c(C)n1.O=CO. The van der Waals surface area contributed by atoms with Crippen LogP contribution in [0.25, 0.3) is 0 Å². The van der Waals surface area contributed by atoms with E-state index in [1.165, 1.54) is 0 Å². The van der Waals surface area contributed by atoms with Crippen LogP contribution in [0.4, 0.5) is 0 Å². The zero-order valence-electron chi connectivity index (χ0n) is 18.6. The van der Waals surface area contributed by atoms with Crippen molar-refractivity contribution in [2.75, 3.05) is 27.2 Å². The van der Waals surface area contributed by atoms with E-state index in [9.17, 15) is 4.79 Å². The maximum absolute atomic E-state index is 13.1. The Labute approximate surface area is 181 Å². The third-order valence-corrected chi connectivity index (χ3v) is 5.55. The molecule has 1 unspecified atom stereocenters. The smallest absolute Gasteiger partial charge is 0.290 e. The molecule has 31 heavy (non-hydrogen) atoms. The molecule has 1 N–H and O–H groups in total. The molecule has 1 amide bonds. The summed E-state index contributed by atoms with van der Waals surface area (Å²) in [5.74, 6) is 1.86. The number of aryl methyl sites for hydroxylation is 2. The summed E-state index contributed by atoms with van der Waals surface area (Å²) in [7, 11) is 4.04. The Morgan fingerprint density at radius 1 is 1.35 bits per heavy atom. The van der Waals surface area contributed by atoms with Gasteiger partial charge in [0.1, 0.15) is 18.0 Å². The molecule has 0 aliphatic carbocycles. The van der Waals surface area contributed by atoms with Crippen LogP contribution < -0.4 is 0 Å². The number of carboxylic acid groups (broad SMARTS) is 1. The number of hydrogen-bond donors (Lipinski definition) is 1. The molecule has 11 heteroatoms. The van der Waals surface area contributed by atoms with Crippen molar-refractivity contribution >= 4 is 12.4 Å². The summed E-state index contributed by atoms with van der Waals surface area (Å²) in [4.78, 5) is 25.4. The molecule has 1 spiro atoms. The fourth-order valence-electron chi connectivity index (χ4n) is 4.12. The summed E-state index contributed by atoms with van der Waals surface area (Å²) in [5, 5.41) is 20.0. The van der Waals surface area contributed by atoms with Gasteiger partial charge >= 0.3 is 0 Å². The van der Waals surface area contributed by atoms with Gasteiger partial charge in [0.25, 0.3) is 12.4 Å². The van der Waals surface area contributed by atoms with Crippen LogP contribution in [-0.2, 0) is 35.8 Å². The van der Waals surface area contributed by atoms with E-state index in [-0.39, 0.29) is 18.0 Å². The van der Waals surface area contributed by atoms with Crippen molar-refractivity contribution in [1.82, 2.24) is 34.3 Å². The van der Waals surface area contributed by atoms with E-state index in [1.807, 2.05) is 36.8 Å². The molecule has 0 radical (unpaired) electrons. The lowest BCUT2D eigenvalue weighted by molar-refractivity contribution is -0.122. The second-order valence-electron chi connectivity index (χ2n) is 8.30. The van der Waals surface area contributed by atoms with Gasteiger partial charge in [-0.3, -0.25) is 14.3 Å². The zero-order valence-corrected chi connectivity index (χ0v) is 18.6. The number of rotatable bonds is 5. The van der Waals surface area contributed by atoms with Gasteiger partial charge in [0.05, 0.1) is 30.9 Å². The summed E-state index contributed by atoms with van der Waals surface area (Å²) in [6.45, 7) is 7.73. The third kappa shape index (κ3) is 4.93. The lowest BCUT2D eigenvalue weighted by Crippen LogP contribution is -2.45. The molecule has 0 bridgehead atoms. The molecule has 2 aromatic heterocycles. The van der Waals surface area contributed by atoms with Gasteiger partial charge in [0.15, 0.2) is 5.82 Å². The van der Waals surface area contributed by atoms with Crippen LogP contribution in [0.3, 0.4) is 0 Å². The topological polar surface area (TPSA) is 119 Å². The number of fused-ring (bicyclic) bond motifs is 1. The highest BCUT2D eigenvalue weighted by atomic mass is 16.5. The Morgan fingerprint density at radius 3 is 2.77 bits per heavy atom. The van der Waals surface area contributed by atoms with Crippen LogP contribution in [0.15, 0.2) is 6.20 Å². The average Bonchev–Trinajstić information content (AvgIpc) is 3.41. The number of carbonyl (C=O) groups is 2. The number of ether oxygens (including phenoxy) is 1. The summed E-state index contributed by atoms with van der Waals surface area (Å²) >= 11 is 0. The van der Waals surface area contributed by atoms with E-state index in [2.05, 4.69) is 31.7 Å². The molecule has 4 heterocycles. The predicted molar refractivity (Wildman–Crippen MR) is 111 cm³/mol. The van der Waals surface area contributed by atoms with Crippen LogP contribution in [-0.4, -0.2) is 84.6 Å². The third-order valence-electron chi connectivity index (χ3n) is 5.55. The van der Waals surface area contributed by atoms with Crippen molar-refractivity contribution < 1.29 is 19.4 Å². The van der Waals surface area contributed by atoms with E-state index in [4.69, 9.17) is 14.6 Å². The number of carbonyl (C=O) groups excluding carboxylic acids is 1. The van der Waals surface area contributed by atoms with Crippen molar-refractivity contribution in [3.8, 4) is 0 Å². The molecule has 2 aliphatic rings. The normalized spacial score (nSPS) is 20.0. The number of aromatic nitrogens is 5. The Kier molecular flexibility index (Phi) is 7.06. The van der Waals surface area contributed by atoms with Gasteiger partial charge in [-0.25, -0.2) is 0 Å². The Bertz CT molecular complexity index is 923. The first-order chi connectivity index (χ1) is 14.8. The van der Waals surface area contributed by atoms with Crippen molar-refractivity contribution in [1.29, 1.82) is 0 Å². The van der Waals surface area contributed by atoms with Crippen molar-refractivity contribution in [3.63, 3.8) is 0 Å². The molecular formula is C20H31N7O4. The zero-order chi connectivity index (χ0) is 22.6. The van der Waals surface area contributed by atoms with E-state index in [0.717, 1.165) is 43.3 Å². The quantitative estimate of drug-likeness (QED) is 0.687. The number of amides is 1. The molecule has 1 fully saturated rings. The highest BCUT2D eigenvalue weighted by molar-refractivity contribution is 5.95. The number of likely N-dealkylation sites (tertiary alicyclic amines) is 1. The summed E-state index contributed by atoms with van der Waals surface area (Å²) in [6, 6.07) is 0. The minimum Gasteiger partial charge on any atom is -0.483 e. The number of hydrogen-bond acceptors (Lipinski definition) is 7. The van der Waals surface area contributed by atoms with Crippen LogP contribution in [0.5, 0.6) is 0 Å². The van der Waals surface area contributed by atoms with Gasteiger partial charge in [-0.1, -0.05) is 6.92 Å². The molecule has 170 valence electrons. The molecule has 11 nitrogen and oxygen atoms in total. The maximum atomic E-state index is 13.1. The minimum atomic E-state index is -0.362. The molecule has 4 rings (SSSR count). The van der Waals surface area contributed by atoms with E-state index in [0.29, 0.717) is 31.8 Å². The molecule has 2 aromatic rings.